The molecule has 0 spiro atoms. The third kappa shape index (κ3) is 5.11. The number of likely N-dealkylation sites (tertiary alicyclic amines) is 1. The van der Waals surface area contributed by atoms with Crippen molar-refractivity contribution in [2.75, 3.05) is 32.6 Å². The fourth-order valence-electron chi connectivity index (χ4n) is 4.95. The lowest BCUT2D eigenvalue weighted by molar-refractivity contribution is -0.119. The van der Waals surface area contributed by atoms with Crippen LogP contribution in [0.3, 0.4) is 0 Å². The Balaban J connectivity index is 1.37. The van der Waals surface area contributed by atoms with Crippen molar-refractivity contribution in [1.82, 2.24) is 15.1 Å². The summed E-state index contributed by atoms with van der Waals surface area (Å²) in [6.45, 7) is 2.30. The summed E-state index contributed by atoms with van der Waals surface area (Å²) in [7, 11) is 3.29. The van der Waals surface area contributed by atoms with Crippen molar-refractivity contribution in [3.63, 3.8) is 0 Å². The molecular formula is C29H30N4O3. The van der Waals surface area contributed by atoms with Crippen LogP contribution in [-0.2, 0) is 11.3 Å². The number of aromatic nitrogens is 2. The van der Waals surface area contributed by atoms with Gasteiger partial charge in [-0.2, -0.15) is 5.10 Å². The van der Waals surface area contributed by atoms with Gasteiger partial charge < -0.3 is 14.8 Å². The van der Waals surface area contributed by atoms with E-state index in [1.165, 1.54) is 5.56 Å². The lowest BCUT2D eigenvalue weighted by atomic mass is 9.88. The first-order chi connectivity index (χ1) is 17.6. The van der Waals surface area contributed by atoms with Crippen molar-refractivity contribution in [2.24, 2.45) is 5.92 Å². The maximum Gasteiger partial charge on any atom is 0.229 e. The fourth-order valence-corrected chi connectivity index (χ4v) is 4.95. The van der Waals surface area contributed by atoms with E-state index >= 15 is 0 Å². The summed E-state index contributed by atoms with van der Waals surface area (Å²) in [5.74, 6) is 1.37. The second-order valence-corrected chi connectivity index (χ2v) is 9.06. The SMILES string of the molecule is COc1ccc([C@H]2CN(Cc3ccccc3)CC2C(=O)Nc2ccc(-c3cn[nH]c3)c(OC)c2)cc1. The van der Waals surface area contributed by atoms with E-state index in [0.29, 0.717) is 18.0 Å². The maximum atomic E-state index is 13.6. The Labute approximate surface area is 211 Å². The average molecular weight is 483 g/mol. The van der Waals surface area contributed by atoms with Gasteiger partial charge in [0.15, 0.2) is 0 Å². The van der Waals surface area contributed by atoms with Crippen LogP contribution >= 0.6 is 0 Å². The number of hydrogen-bond donors (Lipinski definition) is 2. The normalized spacial score (nSPS) is 17.6. The van der Waals surface area contributed by atoms with Gasteiger partial charge in [-0.25, -0.2) is 0 Å². The minimum Gasteiger partial charge on any atom is -0.497 e. The Morgan fingerprint density at radius 1 is 1.03 bits per heavy atom. The monoisotopic (exact) mass is 482 g/mol. The Bertz CT molecular complexity index is 1290. The fraction of sp³-hybridized carbons (Fsp3) is 0.241. The Morgan fingerprint density at radius 2 is 1.83 bits per heavy atom. The number of benzene rings is 3. The molecule has 5 rings (SSSR count). The molecule has 0 aliphatic carbocycles. The lowest BCUT2D eigenvalue weighted by Crippen LogP contribution is -2.28. The number of amides is 1. The first kappa shape index (κ1) is 23.6. The van der Waals surface area contributed by atoms with Crippen molar-refractivity contribution < 1.29 is 14.3 Å². The van der Waals surface area contributed by atoms with Gasteiger partial charge >= 0.3 is 0 Å². The number of aromatic amines is 1. The second kappa shape index (κ2) is 10.7. The van der Waals surface area contributed by atoms with Gasteiger partial charge in [-0.3, -0.25) is 14.8 Å². The quantitative estimate of drug-likeness (QED) is 0.372. The zero-order chi connectivity index (χ0) is 24.9. The molecule has 0 radical (unpaired) electrons. The zero-order valence-electron chi connectivity index (χ0n) is 20.5. The van der Waals surface area contributed by atoms with E-state index in [-0.39, 0.29) is 17.7 Å². The molecule has 3 aromatic carbocycles. The molecule has 1 aliphatic rings. The van der Waals surface area contributed by atoms with Crippen LogP contribution in [0, 0.1) is 5.92 Å². The van der Waals surface area contributed by atoms with Gasteiger partial charge in [0, 0.05) is 54.6 Å². The van der Waals surface area contributed by atoms with Crippen molar-refractivity contribution in [3.05, 3.63) is 96.3 Å². The number of carbonyl (C=O) groups excluding carboxylic acids is 1. The van der Waals surface area contributed by atoms with Gasteiger partial charge in [0.25, 0.3) is 0 Å². The van der Waals surface area contributed by atoms with Crippen LogP contribution in [0.2, 0.25) is 0 Å². The summed E-state index contributed by atoms with van der Waals surface area (Å²) >= 11 is 0. The Kier molecular flexibility index (Phi) is 7.00. The summed E-state index contributed by atoms with van der Waals surface area (Å²) < 4.78 is 10.9. The smallest absolute Gasteiger partial charge is 0.229 e. The number of rotatable bonds is 8. The minimum absolute atomic E-state index is 0.00416. The first-order valence-corrected chi connectivity index (χ1v) is 12.0. The molecule has 4 aromatic rings. The summed E-state index contributed by atoms with van der Waals surface area (Å²) in [6, 6.07) is 24.2. The molecule has 36 heavy (non-hydrogen) atoms. The molecule has 7 heteroatoms. The number of methoxy groups -OCH3 is 2. The minimum atomic E-state index is -0.193. The molecule has 2 atom stereocenters. The summed E-state index contributed by atoms with van der Waals surface area (Å²) in [5, 5.41) is 9.99. The molecule has 2 heterocycles. The molecule has 1 unspecified atom stereocenters. The van der Waals surface area contributed by atoms with Crippen LogP contribution in [0.4, 0.5) is 5.69 Å². The molecule has 2 N–H and O–H groups in total. The van der Waals surface area contributed by atoms with E-state index in [1.807, 2.05) is 42.6 Å². The molecule has 1 fully saturated rings. The number of H-pyrrole nitrogens is 1. The molecule has 7 nitrogen and oxygen atoms in total. The topological polar surface area (TPSA) is 79.5 Å². The van der Waals surface area contributed by atoms with Crippen molar-refractivity contribution in [1.29, 1.82) is 0 Å². The van der Waals surface area contributed by atoms with Crippen molar-refractivity contribution in [3.8, 4) is 22.6 Å². The van der Waals surface area contributed by atoms with Gasteiger partial charge in [0.05, 0.1) is 26.3 Å². The van der Waals surface area contributed by atoms with E-state index in [2.05, 4.69) is 56.8 Å². The highest BCUT2D eigenvalue weighted by Gasteiger charge is 2.38. The number of anilines is 1. The summed E-state index contributed by atoms with van der Waals surface area (Å²) in [6.07, 6.45) is 3.56. The Hall–Kier alpha value is -4.10. The van der Waals surface area contributed by atoms with Crippen LogP contribution in [-0.4, -0.2) is 48.3 Å². The molecule has 1 aliphatic heterocycles. The van der Waals surface area contributed by atoms with Crippen LogP contribution in [0.15, 0.2) is 85.2 Å². The van der Waals surface area contributed by atoms with Gasteiger partial charge in [-0.05, 0) is 35.4 Å². The van der Waals surface area contributed by atoms with Gasteiger partial charge in [0.2, 0.25) is 5.91 Å². The molecule has 1 amide bonds. The van der Waals surface area contributed by atoms with Crippen LogP contribution in [0.1, 0.15) is 17.0 Å². The third-order valence-corrected chi connectivity index (χ3v) is 6.80. The molecule has 1 aromatic heterocycles. The van der Waals surface area contributed by atoms with E-state index in [1.54, 1.807) is 20.4 Å². The van der Waals surface area contributed by atoms with E-state index in [4.69, 9.17) is 9.47 Å². The molecule has 0 bridgehead atoms. The average Bonchev–Trinajstić information content (AvgIpc) is 3.60. The van der Waals surface area contributed by atoms with Crippen LogP contribution < -0.4 is 14.8 Å². The zero-order valence-corrected chi connectivity index (χ0v) is 20.5. The van der Waals surface area contributed by atoms with Gasteiger partial charge in [-0.15, -0.1) is 0 Å². The maximum absolute atomic E-state index is 13.6. The third-order valence-electron chi connectivity index (χ3n) is 6.80. The largest absolute Gasteiger partial charge is 0.497 e. The second-order valence-electron chi connectivity index (χ2n) is 9.06. The van der Waals surface area contributed by atoms with Crippen LogP contribution in [0.25, 0.3) is 11.1 Å². The van der Waals surface area contributed by atoms with Gasteiger partial charge in [-0.1, -0.05) is 42.5 Å². The predicted octanol–water partition coefficient (Wildman–Crippen LogP) is 4.95. The molecular weight excluding hydrogens is 452 g/mol. The highest BCUT2D eigenvalue weighted by Crippen LogP contribution is 2.36. The predicted molar refractivity (Wildman–Crippen MR) is 140 cm³/mol. The lowest BCUT2D eigenvalue weighted by Gasteiger charge is -2.19. The van der Waals surface area contributed by atoms with Crippen LogP contribution in [0.5, 0.6) is 11.5 Å². The molecule has 0 saturated carbocycles. The highest BCUT2D eigenvalue weighted by molar-refractivity contribution is 5.94. The van der Waals surface area contributed by atoms with E-state index in [0.717, 1.165) is 35.5 Å². The van der Waals surface area contributed by atoms with E-state index < -0.39 is 0 Å². The highest BCUT2D eigenvalue weighted by atomic mass is 16.5. The molecule has 184 valence electrons. The molecule has 1 saturated heterocycles. The first-order valence-electron chi connectivity index (χ1n) is 12.0. The number of carbonyl (C=O) groups is 1. The number of nitrogens with one attached hydrogen (secondary N) is 2. The summed E-state index contributed by atoms with van der Waals surface area (Å²) in [5.41, 5.74) is 4.93. The number of nitrogens with zero attached hydrogens (tertiary/aromatic N) is 2. The van der Waals surface area contributed by atoms with Gasteiger partial charge in [0.1, 0.15) is 11.5 Å². The van der Waals surface area contributed by atoms with E-state index in [9.17, 15) is 4.79 Å². The Morgan fingerprint density at radius 3 is 2.53 bits per heavy atom. The van der Waals surface area contributed by atoms with Crippen molar-refractivity contribution in [2.45, 2.75) is 12.5 Å². The number of hydrogen-bond acceptors (Lipinski definition) is 5. The summed E-state index contributed by atoms with van der Waals surface area (Å²) in [4.78, 5) is 16.0. The standard InChI is InChI=1S/C29H30N4O3/c1-35-24-11-8-21(9-12-24)26-18-33(17-20-6-4-3-5-7-20)19-27(26)29(34)32-23-10-13-25(28(14-23)36-2)22-15-30-31-16-22/h3-16,26-27H,17-19H2,1-2H3,(H,30,31)(H,32,34)/t26-,27?/m1/s1. The number of ether oxygens (including phenoxy) is 2. The van der Waals surface area contributed by atoms with Crippen molar-refractivity contribution >= 4 is 11.6 Å².